The lowest BCUT2D eigenvalue weighted by atomic mass is 10.2. The number of aromatic nitrogens is 1. The van der Waals surface area contributed by atoms with E-state index >= 15 is 0 Å². The largest absolute Gasteiger partial charge is 0.379 e. The molecule has 0 aromatic carbocycles. The number of ether oxygens (including phenoxy) is 1. The average molecular weight is 199 g/mol. The van der Waals surface area contributed by atoms with Gasteiger partial charge in [-0.25, -0.2) is 0 Å². The van der Waals surface area contributed by atoms with Gasteiger partial charge in [-0.1, -0.05) is 11.6 Å². The molecule has 0 spiro atoms. The fraction of sp³-hybridized carbons (Fsp3) is 0.444. The van der Waals surface area contributed by atoms with Gasteiger partial charge in [-0.2, -0.15) is 0 Å². The molecule has 0 amide bonds. The van der Waals surface area contributed by atoms with Gasteiger partial charge < -0.3 is 10.1 Å². The minimum atomic E-state index is 0.389. The summed E-state index contributed by atoms with van der Waals surface area (Å²) < 4.78 is 5.25. The van der Waals surface area contributed by atoms with Gasteiger partial charge in [-0.15, -0.1) is 0 Å². The fourth-order valence-corrected chi connectivity index (χ4v) is 1.53. The molecule has 4 heteroatoms. The third kappa shape index (κ3) is 2.11. The van der Waals surface area contributed by atoms with Crippen molar-refractivity contribution in [1.82, 2.24) is 4.98 Å². The van der Waals surface area contributed by atoms with Gasteiger partial charge in [0.05, 0.1) is 23.4 Å². The second-order valence-electron chi connectivity index (χ2n) is 3.06. The van der Waals surface area contributed by atoms with E-state index in [0.717, 1.165) is 25.3 Å². The van der Waals surface area contributed by atoms with Crippen molar-refractivity contribution in [1.29, 1.82) is 0 Å². The van der Waals surface area contributed by atoms with E-state index < -0.39 is 0 Å². The van der Waals surface area contributed by atoms with Crippen LogP contribution in [0.25, 0.3) is 0 Å². The molecule has 0 bridgehead atoms. The van der Waals surface area contributed by atoms with Gasteiger partial charge in [0.1, 0.15) is 0 Å². The summed E-state index contributed by atoms with van der Waals surface area (Å²) in [7, 11) is 0. The van der Waals surface area contributed by atoms with Crippen molar-refractivity contribution < 1.29 is 4.74 Å². The van der Waals surface area contributed by atoms with Crippen LogP contribution in [0.5, 0.6) is 0 Å². The van der Waals surface area contributed by atoms with E-state index in [1.807, 2.05) is 6.07 Å². The lowest BCUT2D eigenvalue weighted by molar-refractivity contribution is 0.195. The summed E-state index contributed by atoms with van der Waals surface area (Å²) in [4.78, 5) is 3.92. The number of halogens is 1. The highest BCUT2D eigenvalue weighted by Gasteiger charge is 2.15. The Labute approximate surface area is 82.1 Å². The van der Waals surface area contributed by atoms with Gasteiger partial charge >= 0.3 is 0 Å². The molecule has 0 aliphatic carbocycles. The quantitative estimate of drug-likeness (QED) is 0.789. The van der Waals surface area contributed by atoms with Crippen LogP contribution in [0, 0.1) is 0 Å². The zero-order chi connectivity index (χ0) is 9.10. The number of nitrogens with one attached hydrogen (secondary N) is 1. The van der Waals surface area contributed by atoms with Crippen molar-refractivity contribution in [3.63, 3.8) is 0 Å². The summed E-state index contributed by atoms with van der Waals surface area (Å²) in [5, 5.41) is 3.97. The Morgan fingerprint density at radius 2 is 2.54 bits per heavy atom. The molecule has 1 unspecified atom stereocenters. The molecular formula is C9H11ClN2O. The number of hydrogen-bond donors (Lipinski definition) is 1. The van der Waals surface area contributed by atoms with Crippen molar-refractivity contribution in [2.75, 3.05) is 18.5 Å². The second kappa shape index (κ2) is 3.94. The standard InChI is InChI=1S/C9H11ClN2O/c10-8-5-11-3-1-9(8)12-7-2-4-13-6-7/h1,3,5,7H,2,4,6H2,(H,11,12). The molecule has 1 N–H and O–H groups in total. The highest BCUT2D eigenvalue weighted by atomic mass is 35.5. The number of hydrogen-bond acceptors (Lipinski definition) is 3. The Morgan fingerprint density at radius 3 is 3.23 bits per heavy atom. The summed E-state index contributed by atoms with van der Waals surface area (Å²) in [6.07, 6.45) is 4.41. The summed E-state index contributed by atoms with van der Waals surface area (Å²) in [6, 6.07) is 2.26. The van der Waals surface area contributed by atoms with Crippen molar-refractivity contribution in [2.45, 2.75) is 12.5 Å². The summed E-state index contributed by atoms with van der Waals surface area (Å²) in [5.41, 5.74) is 0.937. The van der Waals surface area contributed by atoms with Crippen molar-refractivity contribution in [3.05, 3.63) is 23.5 Å². The van der Waals surface area contributed by atoms with E-state index in [4.69, 9.17) is 16.3 Å². The van der Waals surface area contributed by atoms with Crippen LogP contribution in [0.2, 0.25) is 5.02 Å². The number of rotatable bonds is 2. The Balaban J connectivity index is 2.04. The summed E-state index contributed by atoms with van der Waals surface area (Å²) >= 11 is 5.94. The van der Waals surface area contributed by atoms with Gasteiger partial charge in [-0.05, 0) is 12.5 Å². The average Bonchev–Trinajstić information content (AvgIpc) is 2.61. The molecule has 2 heterocycles. The van der Waals surface area contributed by atoms with Crippen molar-refractivity contribution in [2.24, 2.45) is 0 Å². The zero-order valence-electron chi connectivity index (χ0n) is 7.16. The van der Waals surface area contributed by atoms with E-state index in [1.54, 1.807) is 12.4 Å². The molecule has 1 aromatic rings. The summed E-state index contributed by atoms with van der Waals surface area (Å²) in [6.45, 7) is 1.60. The molecular weight excluding hydrogens is 188 g/mol. The first-order valence-corrected chi connectivity index (χ1v) is 4.68. The number of pyridine rings is 1. The van der Waals surface area contributed by atoms with Crippen LogP contribution in [0.1, 0.15) is 6.42 Å². The Kier molecular flexibility index (Phi) is 2.66. The Hall–Kier alpha value is -0.800. The van der Waals surface area contributed by atoms with E-state index in [0.29, 0.717) is 11.1 Å². The second-order valence-corrected chi connectivity index (χ2v) is 3.47. The first-order valence-electron chi connectivity index (χ1n) is 4.30. The minimum Gasteiger partial charge on any atom is -0.379 e. The first kappa shape index (κ1) is 8.78. The maximum Gasteiger partial charge on any atom is 0.0820 e. The van der Waals surface area contributed by atoms with Crippen LogP contribution in [-0.2, 0) is 4.74 Å². The van der Waals surface area contributed by atoms with Crippen LogP contribution >= 0.6 is 11.6 Å². The van der Waals surface area contributed by atoms with Crippen molar-refractivity contribution >= 4 is 17.3 Å². The molecule has 1 fully saturated rings. The Bertz CT molecular complexity index is 287. The van der Waals surface area contributed by atoms with Crippen LogP contribution in [0.3, 0.4) is 0 Å². The Morgan fingerprint density at radius 1 is 1.62 bits per heavy atom. The lowest BCUT2D eigenvalue weighted by Crippen LogP contribution is -2.19. The van der Waals surface area contributed by atoms with Gasteiger partial charge in [0.25, 0.3) is 0 Å². The van der Waals surface area contributed by atoms with Crippen LogP contribution in [0.4, 0.5) is 5.69 Å². The van der Waals surface area contributed by atoms with Crippen LogP contribution in [0.15, 0.2) is 18.5 Å². The highest BCUT2D eigenvalue weighted by molar-refractivity contribution is 6.33. The number of nitrogens with zero attached hydrogens (tertiary/aromatic N) is 1. The van der Waals surface area contributed by atoms with Gasteiger partial charge in [-0.3, -0.25) is 4.98 Å². The molecule has 3 nitrogen and oxygen atoms in total. The van der Waals surface area contributed by atoms with Crippen molar-refractivity contribution in [3.8, 4) is 0 Å². The molecule has 1 atom stereocenters. The fourth-order valence-electron chi connectivity index (χ4n) is 1.36. The monoisotopic (exact) mass is 198 g/mol. The van der Waals surface area contributed by atoms with Gasteiger partial charge in [0.2, 0.25) is 0 Å². The first-order chi connectivity index (χ1) is 6.36. The predicted molar refractivity (Wildman–Crippen MR) is 52.1 cm³/mol. The molecule has 0 saturated carbocycles. The summed E-state index contributed by atoms with van der Waals surface area (Å²) in [5.74, 6) is 0. The van der Waals surface area contributed by atoms with Gasteiger partial charge in [0, 0.05) is 19.0 Å². The predicted octanol–water partition coefficient (Wildman–Crippen LogP) is 1.94. The molecule has 1 aliphatic rings. The van der Waals surface area contributed by atoms with E-state index in [-0.39, 0.29) is 0 Å². The van der Waals surface area contributed by atoms with E-state index in [1.165, 1.54) is 0 Å². The van der Waals surface area contributed by atoms with Crippen LogP contribution < -0.4 is 5.32 Å². The maximum atomic E-state index is 5.94. The minimum absolute atomic E-state index is 0.389. The molecule has 13 heavy (non-hydrogen) atoms. The smallest absolute Gasteiger partial charge is 0.0820 e. The van der Waals surface area contributed by atoms with E-state index in [2.05, 4.69) is 10.3 Å². The van der Waals surface area contributed by atoms with Crippen LogP contribution in [-0.4, -0.2) is 24.2 Å². The lowest BCUT2D eigenvalue weighted by Gasteiger charge is -2.12. The molecule has 1 saturated heterocycles. The maximum absolute atomic E-state index is 5.94. The molecule has 70 valence electrons. The topological polar surface area (TPSA) is 34.2 Å². The third-order valence-electron chi connectivity index (χ3n) is 2.06. The SMILES string of the molecule is Clc1cnccc1NC1CCOC1. The number of anilines is 1. The normalized spacial score (nSPS) is 21.8. The zero-order valence-corrected chi connectivity index (χ0v) is 7.92. The third-order valence-corrected chi connectivity index (χ3v) is 2.36. The molecule has 2 rings (SSSR count). The molecule has 0 radical (unpaired) electrons. The van der Waals surface area contributed by atoms with Gasteiger partial charge in [0.15, 0.2) is 0 Å². The highest BCUT2D eigenvalue weighted by Crippen LogP contribution is 2.21. The molecule has 1 aliphatic heterocycles. The molecule has 1 aromatic heterocycles. The van der Waals surface area contributed by atoms with E-state index in [9.17, 15) is 0 Å².